The van der Waals surface area contributed by atoms with E-state index in [1.165, 1.54) is 5.56 Å². The molecule has 0 aliphatic carbocycles. The van der Waals surface area contributed by atoms with Crippen molar-refractivity contribution in [3.8, 4) is 0 Å². The fourth-order valence-corrected chi connectivity index (χ4v) is 2.36. The molecule has 3 heteroatoms. The van der Waals surface area contributed by atoms with Crippen molar-refractivity contribution in [1.29, 1.82) is 0 Å². The number of imidazole rings is 1. The van der Waals surface area contributed by atoms with Gasteiger partial charge in [-0.05, 0) is 24.3 Å². The van der Waals surface area contributed by atoms with E-state index in [0.29, 0.717) is 11.8 Å². The second-order valence-electron chi connectivity index (χ2n) is 5.94. The van der Waals surface area contributed by atoms with Gasteiger partial charge >= 0.3 is 0 Å². The lowest BCUT2D eigenvalue weighted by Crippen LogP contribution is -2.15. The predicted molar refractivity (Wildman–Crippen MR) is 85.1 cm³/mol. The largest absolute Gasteiger partial charge is 0.355 e. The van der Waals surface area contributed by atoms with E-state index in [4.69, 9.17) is 0 Å². The molecule has 0 bridgehead atoms. The molecule has 0 fully saturated rings. The molecule has 20 heavy (non-hydrogen) atoms. The summed E-state index contributed by atoms with van der Waals surface area (Å²) in [7, 11) is 0. The number of rotatable bonds is 6. The van der Waals surface area contributed by atoms with Gasteiger partial charge < -0.3 is 9.88 Å². The standard InChI is InChI=1S/C17H25N3/c1-13(2)11-20-12-15(4)19-17(20)18-10-14(3)16-8-6-5-7-9-16/h5-9,12-14H,10-11H2,1-4H3,(H,18,19). The van der Waals surface area contributed by atoms with Crippen molar-refractivity contribution in [3.05, 3.63) is 47.8 Å². The molecule has 1 heterocycles. The Labute approximate surface area is 122 Å². The van der Waals surface area contributed by atoms with Crippen molar-refractivity contribution in [2.75, 3.05) is 11.9 Å². The summed E-state index contributed by atoms with van der Waals surface area (Å²) in [6.07, 6.45) is 2.12. The summed E-state index contributed by atoms with van der Waals surface area (Å²) in [5.74, 6) is 2.08. The van der Waals surface area contributed by atoms with Crippen molar-refractivity contribution in [3.63, 3.8) is 0 Å². The molecule has 1 N–H and O–H groups in total. The summed E-state index contributed by atoms with van der Waals surface area (Å²) in [6.45, 7) is 10.6. The molecule has 1 atom stereocenters. The molecular weight excluding hydrogens is 246 g/mol. The van der Waals surface area contributed by atoms with E-state index < -0.39 is 0 Å². The summed E-state index contributed by atoms with van der Waals surface area (Å²) in [4.78, 5) is 4.58. The Morgan fingerprint density at radius 3 is 2.50 bits per heavy atom. The van der Waals surface area contributed by atoms with Crippen LogP contribution in [0.25, 0.3) is 0 Å². The summed E-state index contributed by atoms with van der Waals surface area (Å²) in [5.41, 5.74) is 2.43. The minimum Gasteiger partial charge on any atom is -0.355 e. The quantitative estimate of drug-likeness (QED) is 0.858. The lowest BCUT2D eigenvalue weighted by molar-refractivity contribution is 0.525. The molecule has 0 radical (unpaired) electrons. The van der Waals surface area contributed by atoms with E-state index in [-0.39, 0.29) is 0 Å². The van der Waals surface area contributed by atoms with E-state index in [9.17, 15) is 0 Å². The smallest absolute Gasteiger partial charge is 0.203 e. The maximum absolute atomic E-state index is 4.58. The molecule has 0 spiro atoms. The van der Waals surface area contributed by atoms with Crippen LogP contribution in [0.3, 0.4) is 0 Å². The lowest BCUT2D eigenvalue weighted by Gasteiger charge is -2.15. The van der Waals surface area contributed by atoms with Gasteiger partial charge in [0.05, 0.1) is 5.69 Å². The van der Waals surface area contributed by atoms with Crippen LogP contribution < -0.4 is 5.32 Å². The molecule has 2 aromatic rings. The minimum atomic E-state index is 0.473. The van der Waals surface area contributed by atoms with E-state index in [0.717, 1.165) is 24.7 Å². The van der Waals surface area contributed by atoms with Gasteiger partial charge in [0.25, 0.3) is 0 Å². The van der Waals surface area contributed by atoms with Crippen molar-refractivity contribution < 1.29 is 0 Å². The van der Waals surface area contributed by atoms with Crippen LogP contribution >= 0.6 is 0 Å². The summed E-state index contributed by atoms with van der Waals surface area (Å²) in [5, 5.41) is 3.49. The maximum atomic E-state index is 4.58. The maximum Gasteiger partial charge on any atom is 0.203 e. The van der Waals surface area contributed by atoms with Crippen molar-refractivity contribution in [1.82, 2.24) is 9.55 Å². The summed E-state index contributed by atoms with van der Waals surface area (Å²) < 4.78 is 2.22. The molecule has 0 saturated carbocycles. The van der Waals surface area contributed by atoms with Gasteiger partial charge in [-0.15, -0.1) is 0 Å². The molecular formula is C17H25N3. The highest BCUT2D eigenvalue weighted by Crippen LogP contribution is 2.17. The van der Waals surface area contributed by atoms with Gasteiger partial charge in [-0.2, -0.15) is 0 Å². The molecule has 108 valence electrons. The van der Waals surface area contributed by atoms with Gasteiger partial charge in [0.2, 0.25) is 5.95 Å². The third kappa shape index (κ3) is 3.86. The lowest BCUT2D eigenvalue weighted by atomic mass is 10.0. The average molecular weight is 271 g/mol. The van der Waals surface area contributed by atoms with Crippen molar-refractivity contribution in [2.24, 2.45) is 5.92 Å². The zero-order valence-corrected chi connectivity index (χ0v) is 12.9. The third-order valence-electron chi connectivity index (χ3n) is 3.39. The van der Waals surface area contributed by atoms with Crippen molar-refractivity contribution >= 4 is 5.95 Å². The minimum absolute atomic E-state index is 0.473. The van der Waals surface area contributed by atoms with E-state index in [1.54, 1.807) is 0 Å². The van der Waals surface area contributed by atoms with Crippen LogP contribution in [0.15, 0.2) is 36.5 Å². The third-order valence-corrected chi connectivity index (χ3v) is 3.39. The molecule has 0 aliphatic heterocycles. The molecule has 2 rings (SSSR count). The molecule has 0 amide bonds. The Bertz CT molecular complexity index is 528. The van der Waals surface area contributed by atoms with Gasteiger partial charge in [0, 0.05) is 19.3 Å². The first-order chi connectivity index (χ1) is 9.56. The van der Waals surface area contributed by atoms with Crippen molar-refractivity contribution in [2.45, 2.75) is 40.2 Å². The number of nitrogens with zero attached hydrogens (tertiary/aromatic N) is 2. The number of aryl methyl sites for hydroxylation is 1. The first-order valence-electron chi connectivity index (χ1n) is 7.39. The number of hydrogen-bond acceptors (Lipinski definition) is 2. The molecule has 0 aliphatic rings. The van der Waals surface area contributed by atoms with Crippen LogP contribution in [0, 0.1) is 12.8 Å². The molecule has 3 nitrogen and oxygen atoms in total. The fourth-order valence-electron chi connectivity index (χ4n) is 2.36. The normalized spacial score (nSPS) is 12.7. The molecule has 1 unspecified atom stereocenters. The average Bonchev–Trinajstić information content (AvgIpc) is 2.76. The highest BCUT2D eigenvalue weighted by molar-refractivity contribution is 5.30. The second kappa shape index (κ2) is 6.60. The van der Waals surface area contributed by atoms with Crippen LogP contribution in [0.2, 0.25) is 0 Å². The van der Waals surface area contributed by atoms with Gasteiger partial charge in [-0.1, -0.05) is 51.1 Å². The second-order valence-corrected chi connectivity index (χ2v) is 5.94. The summed E-state index contributed by atoms with van der Waals surface area (Å²) >= 11 is 0. The number of hydrogen-bond donors (Lipinski definition) is 1. The molecule has 1 aromatic heterocycles. The monoisotopic (exact) mass is 271 g/mol. The number of aromatic nitrogens is 2. The van der Waals surface area contributed by atoms with E-state index >= 15 is 0 Å². The Morgan fingerprint density at radius 1 is 1.15 bits per heavy atom. The highest BCUT2D eigenvalue weighted by Gasteiger charge is 2.09. The van der Waals surface area contributed by atoms with Gasteiger partial charge in [0.15, 0.2) is 0 Å². The van der Waals surface area contributed by atoms with Crippen LogP contribution in [0.5, 0.6) is 0 Å². The zero-order chi connectivity index (χ0) is 14.5. The Morgan fingerprint density at radius 2 is 1.85 bits per heavy atom. The highest BCUT2D eigenvalue weighted by atomic mass is 15.2. The topological polar surface area (TPSA) is 29.9 Å². The number of nitrogens with one attached hydrogen (secondary N) is 1. The van der Waals surface area contributed by atoms with Gasteiger partial charge in [0.1, 0.15) is 0 Å². The van der Waals surface area contributed by atoms with E-state index in [2.05, 4.69) is 72.2 Å². The zero-order valence-electron chi connectivity index (χ0n) is 12.9. The van der Waals surface area contributed by atoms with Crippen LogP contribution in [-0.4, -0.2) is 16.1 Å². The summed E-state index contributed by atoms with van der Waals surface area (Å²) in [6, 6.07) is 10.6. The first-order valence-corrected chi connectivity index (χ1v) is 7.39. The van der Waals surface area contributed by atoms with E-state index in [1.807, 2.05) is 6.92 Å². The van der Waals surface area contributed by atoms with Crippen LogP contribution in [-0.2, 0) is 6.54 Å². The number of benzene rings is 1. The fraction of sp³-hybridized carbons (Fsp3) is 0.471. The van der Waals surface area contributed by atoms with Gasteiger partial charge in [-0.3, -0.25) is 0 Å². The Hall–Kier alpha value is -1.77. The van der Waals surface area contributed by atoms with Crippen LogP contribution in [0.4, 0.5) is 5.95 Å². The first kappa shape index (κ1) is 14.6. The Balaban J connectivity index is 2.00. The molecule has 0 saturated heterocycles. The predicted octanol–water partition coefficient (Wildman–Crippen LogP) is 4.06. The van der Waals surface area contributed by atoms with Gasteiger partial charge in [-0.25, -0.2) is 4.98 Å². The Kier molecular flexibility index (Phi) is 4.83. The molecule has 1 aromatic carbocycles. The van der Waals surface area contributed by atoms with Crippen LogP contribution in [0.1, 0.15) is 37.9 Å². The SMILES string of the molecule is Cc1cn(CC(C)C)c(NCC(C)c2ccccc2)n1. The number of anilines is 1.